The zero-order chi connectivity index (χ0) is 21.8. The maximum atomic E-state index is 10.1. The summed E-state index contributed by atoms with van der Waals surface area (Å²) in [5.74, 6) is 5.81. The molecule has 0 saturated carbocycles. The van der Waals surface area contributed by atoms with E-state index in [0.29, 0.717) is 16.9 Å². The fourth-order valence-electron chi connectivity index (χ4n) is 2.93. The van der Waals surface area contributed by atoms with Crippen molar-refractivity contribution in [2.75, 3.05) is 13.7 Å². The van der Waals surface area contributed by atoms with E-state index < -0.39 is 37.3 Å². The number of phenols is 2. The Labute approximate surface area is 172 Å². The molecule has 0 radical (unpaired) electrons. The zero-order valence-electron chi connectivity index (χ0n) is 16.0. The number of rotatable bonds is 4. The Morgan fingerprint density at radius 2 is 1.67 bits per heavy atom. The molecular weight excluding hydrogens is 396 g/mol. The molecule has 0 aromatic heterocycles. The van der Waals surface area contributed by atoms with Crippen LogP contribution in [0.4, 0.5) is 0 Å². The van der Waals surface area contributed by atoms with Crippen LogP contribution < -0.4 is 9.47 Å². The number of hydrogen-bond acceptors (Lipinski definition) is 9. The summed E-state index contributed by atoms with van der Waals surface area (Å²) in [6, 6.07) is 8.76. The highest BCUT2D eigenvalue weighted by atomic mass is 16.7. The van der Waals surface area contributed by atoms with Crippen LogP contribution in [0, 0.1) is 11.8 Å². The van der Waals surface area contributed by atoms with Crippen LogP contribution in [-0.4, -0.2) is 75.1 Å². The lowest BCUT2D eigenvalue weighted by Gasteiger charge is -2.39. The van der Waals surface area contributed by atoms with Crippen molar-refractivity contribution in [3.63, 3.8) is 0 Å². The Morgan fingerprint density at radius 3 is 2.33 bits per heavy atom. The Morgan fingerprint density at radius 1 is 0.933 bits per heavy atom. The van der Waals surface area contributed by atoms with Crippen molar-refractivity contribution in [3.8, 4) is 34.8 Å². The zero-order valence-corrected chi connectivity index (χ0v) is 16.0. The fourth-order valence-corrected chi connectivity index (χ4v) is 2.93. The molecule has 160 valence electrons. The van der Waals surface area contributed by atoms with Crippen LogP contribution in [-0.2, 0) is 4.74 Å². The lowest BCUT2D eigenvalue weighted by Crippen LogP contribution is -2.60. The first-order valence-corrected chi connectivity index (χ1v) is 9.02. The number of methoxy groups -OCH3 is 1. The molecule has 6 N–H and O–H groups in total. The van der Waals surface area contributed by atoms with Gasteiger partial charge in [0.25, 0.3) is 0 Å². The maximum absolute atomic E-state index is 10.1. The average Bonchev–Trinajstić information content (AvgIpc) is 2.72. The van der Waals surface area contributed by atoms with Crippen LogP contribution in [0.2, 0.25) is 0 Å². The van der Waals surface area contributed by atoms with Gasteiger partial charge in [0.2, 0.25) is 6.29 Å². The summed E-state index contributed by atoms with van der Waals surface area (Å²) in [5, 5.41) is 58.8. The van der Waals surface area contributed by atoms with Gasteiger partial charge in [-0.2, -0.15) is 0 Å². The molecule has 1 fully saturated rings. The van der Waals surface area contributed by atoms with Crippen molar-refractivity contribution in [3.05, 3.63) is 47.5 Å². The van der Waals surface area contributed by atoms with Gasteiger partial charge in [0.1, 0.15) is 35.9 Å². The van der Waals surface area contributed by atoms with Crippen LogP contribution in [0.25, 0.3) is 0 Å². The van der Waals surface area contributed by atoms with E-state index in [4.69, 9.17) is 14.2 Å². The second-order valence-electron chi connectivity index (χ2n) is 6.67. The van der Waals surface area contributed by atoms with E-state index in [1.54, 1.807) is 12.1 Å². The van der Waals surface area contributed by atoms with Crippen molar-refractivity contribution in [2.45, 2.75) is 30.7 Å². The van der Waals surface area contributed by atoms with Gasteiger partial charge in [0.05, 0.1) is 13.7 Å². The quantitative estimate of drug-likeness (QED) is 0.368. The number of aromatic hydroxyl groups is 2. The summed E-state index contributed by atoms with van der Waals surface area (Å²) in [6.45, 7) is -0.587. The Kier molecular flexibility index (Phi) is 6.66. The van der Waals surface area contributed by atoms with Crippen molar-refractivity contribution in [1.82, 2.24) is 0 Å². The second-order valence-corrected chi connectivity index (χ2v) is 6.67. The van der Waals surface area contributed by atoms with E-state index in [1.165, 1.54) is 31.4 Å². The third kappa shape index (κ3) is 4.76. The number of aliphatic hydroxyl groups excluding tert-OH is 4. The smallest absolute Gasteiger partial charge is 0.229 e. The molecule has 3 rings (SSSR count). The summed E-state index contributed by atoms with van der Waals surface area (Å²) in [4.78, 5) is 0. The topological polar surface area (TPSA) is 149 Å². The second kappa shape index (κ2) is 9.21. The molecule has 1 aliphatic rings. The Balaban J connectivity index is 1.80. The molecule has 5 atom stereocenters. The third-order valence-corrected chi connectivity index (χ3v) is 4.52. The molecule has 2 aromatic rings. The predicted octanol–water partition coefficient (Wildman–Crippen LogP) is -0.315. The molecule has 1 saturated heterocycles. The summed E-state index contributed by atoms with van der Waals surface area (Å²) in [7, 11) is 1.43. The first kappa shape index (κ1) is 21.7. The van der Waals surface area contributed by atoms with E-state index in [2.05, 4.69) is 11.8 Å². The summed E-state index contributed by atoms with van der Waals surface area (Å²) < 4.78 is 15.8. The van der Waals surface area contributed by atoms with Crippen LogP contribution in [0.5, 0.6) is 23.0 Å². The van der Waals surface area contributed by atoms with Gasteiger partial charge in [-0.05, 0) is 30.3 Å². The summed E-state index contributed by atoms with van der Waals surface area (Å²) in [5.41, 5.74) is 0.873. The largest absolute Gasteiger partial charge is 0.508 e. The number of phenolic OH excluding ortho intramolecular Hbond substituents is 2. The normalized spacial score (nSPS) is 25.8. The van der Waals surface area contributed by atoms with Crippen molar-refractivity contribution in [1.29, 1.82) is 0 Å². The summed E-state index contributed by atoms with van der Waals surface area (Å²) >= 11 is 0. The molecule has 0 unspecified atom stereocenters. The van der Waals surface area contributed by atoms with Crippen molar-refractivity contribution >= 4 is 0 Å². The van der Waals surface area contributed by atoms with Gasteiger partial charge in [-0.25, -0.2) is 0 Å². The minimum atomic E-state index is -1.58. The number of aliphatic hydroxyl groups is 4. The first-order valence-electron chi connectivity index (χ1n) is 9.02. The molecule has 1 aliphatic heterocycles. The Bertz CT molecular complexity index is 947. The van der Waals surface area contributed by atoms with Gasteiger partial charge < -0.3 is 44.8 Å². The van der Waals surface area contributed by atoms with Crippen LogP contribution in [0.3, 0.4) is 0 Å². The minimum absolute atomic E-state index is 0.0631. The molecule has 0 spiro atoms. The molecule has 0 bridgehead atoms. The molecule has 0 amide bonds. The number of hydrogen-bond donors (Lipinski definition) is 6. The molecular formula is C21H22O9. The van der Waals surface area contributed by atoms with Gasteiger partial charge in [0, 0.05) is 17.2 Å². The highest BCUT2D eigenvalue weighted by Gasteiger charge is 2.44. The van der Waals surface area contributed by atoms with Gasteiger partial charge >= 0.3 is 0 Å². The molecule has 9 heteroatoms. The van der Waals surface area contributed by atoms with Crippen molar-refractivity contribution < 1.29 is 44.8 Å². The SMILES string of the molecule is COc1ccc(C#Cc2cc(O)cc(O[C@@H]3O[C@H](CO)[C@@H](O)[C@H](O)[C@H]3O)c2)cc1O. The van der Waals surface area contributed by atoms with Crippen LogP contribution in [0.1, 0.15) is 11.1 Å². The van der Waals surface area contributed by atoms with Gasteiger partial charge in [0.15, 0.2) is 11.5 Å². The van der Waals surface area contributed by atoms with Gasteiger partial charge in [-0.3, -0.25) is 0 Å². The Hall–Kier alpha value is -3.00. The molecule has 2 aromatic carbocycles. The standard InChI is InChI=1S/C21H22O9/c1-28-16-5-4-11(8-15(16)24)2-3-12-6-13(23)9-14(7-12)29-21-20(27)19(26)18(25)17(10-22)30-21/h4-9,17-27H,10H2,1H3/t17-,18-,19+,20-,21-/m1/s1. The van der Waals surface area contributed by atoms with Crippen LogP contribution in [0.15, 0.2) is 36.4 Å². The number of ether oxygens (including phenoxy) is 3. The molecule has 0 aliphatic carbocycles. The predicted molar refractivity (Wildman–Crippen MR) is 103 cm³/mol. The van der Waals surface area contributed by atoms with E-state index in [1.807, 2.05) is 0 Å². The van der Waals surface area contributed by atoms with E-state index in [9.17, 15) is 30.6 Å². The highest BCUT2D eigenvalue weighted by Crippen LogP contribution is 2.28. The van der Waals surface area contributed by atoms with E-state index >= 15 is 0 Å². The van der Waals surface area contributed by atoms with Gasteiger partial charge in [-0.15, -0.1) is 0 Å². The van der Waals surface area contributed by atoms with Gasteiger partial charge in [-0.1, -0.05) is 11.8 Å². The summed E-state index contributed by atoms with van der Waals surface area (Å²) in [6.07, 6.45) is -7.17. The maximum Gasteiger partial charge on any atom is 0.229 e. The average molecular weight is 418 g/mol. The lowest BCUT2D eigenvalue weighted by atomic mass is 9.99. The monoisotopic (exact) mass is 418 g/mol. The number of benzene rings is 2. The third-order valence-electron chi connectivity index (χ3n) is 4.52. The van der Waals surface area contributed by atoms with Crippen LogP contribution >= 0.6 is 0 Å². The first-order chi connectivity index (χ1) is 14.3. The van der Waals surface area contributed by atoms with E-state index in [-0.39, 0.29) is 17.2 Å². The van der Waals surface area contributed by atoms with E-state index in [0.717, 1.165) is 0 Å². The minimum Gasteiger partial charge on any atom is -0.508 e. The fraction of sp³-hybridized carbons (Fsp3) is 0.333. The highest BCUT2D eigenvalue weighted by molar-refractivity contribution is 5.52. The van der Waals surface area contributed by atoms with Crippen molar-refractivity contribution in [2.24, 2.45) is 0 Å². The lowest BCUT2D eigenvalue weighted by molar-refractivity contribution is -0.277. The molecule has 9 nitrogen and oxygen atoms in total. The molecule has 30 heavy (non-hydrogen) atoms. The molecule has 1 heterocycles.